The largest absolute Gasteiger partial charge is 0.346 e. The van der Waals surface area contributed by atoms with Gasteiger partial charge in [-0.1, -0.05) is 0 Å². The zero-order chi connectivity index (χ0) is 27.3. The fraction of sp³-hybridized carbons (Fsp3) is 0.346. The normalized spacial score (nSPS) is 17.8. The van der Waals surface area contributed by atoms with Crippen LogP contribution < -0.4 is 0 Å². The fourth-order valence-electron chi connectivity index (χ4n) is 5.61. The SMILES string of the molecule is N#CCC1(n2cc(-c3ncnc4[nH]ccc34)cn2)CN(C2CCN(C(=O)c3c(F)c(F)cc(F)c3F)CC2)C1. The van der Waals surface area contributed by atoms with Crippen molar-refractivity contribution in [3.63, 3.8) is 0 Å². The first-order valence-corrected chi connectivity index (χ1v) is 12.4. The quantitative estimate of drug-likeness (QED) is 0.307. The fourth-order valence-corrected chi connectivity index (χ4v) is 5.61. The molecule has 0 saturated carbocycles. The van der Waals surface area contributed by atoms with Crippen LogP contribution in [0.5, 0.6) is 0 Å². The van der Waals surface area contributed by atoms with E-state index in [1.807, 2.05) is 16.9 Å². The van der Waals surface area contributed by atoms with Crippen LogP contribution in [0.1, 0.15) is 29.6 Å². The van der Waals surface area contributed by atoms with Crippen LogP contribution in [0.2, 0.25) is 0 Å². The number of nitrogens with zero attached hydrogens (tertiary/aromatic N) is 7. The summed E-state index contributed by atoms with van der Waals surface area (Å²) in [5, 5.41) is 15.0. The number of hydrogen-bond acceptors (Lipinski definition) is 6. The Balaban J connectivity index is 1.13. The first-order valence-electron chi connectivity index (χ1n) is 12.4. The van der Waals surface area contributed by atoms with Crippen LogP contribution in [-0.4, -0.2) is 72.7 Å². The molecule has 0 spiro atoms. The number of amides is 1. The molecule has 5 heterocycles. The minimum absolute atomic E-state index is 0.0659. The molecule has 13 heteroatoms. The van der Waals surface area contributed by atoms with Gasteiger partial charge < -0.3 is 9.88 Å². The first kappa shape index (κ1) is 25.0. The number of H-pyrrole nitrogens is 1. The summed E-state index contributed by atoms with van der Waals surface area (Å²) in [6.07, 6.45) is 8.12. The zero-order valence-electron chi connectivity index (χ0n) is 20.5. The van der Waals surface area contributed by atoms with E-state index < -0.39 is 40.3 Å². The Morgan fingerprint density at radius 3 is 2.54 bits per heavy atom. The summed E-state index contributed by atoms with van der Waals surface area (Å²) in [5.74, 6) is -7.68. The van der Waals surface area contributed by atoms with Gasteiger partial charge in [0.15, 0.2) is 23.3 Å². The number of rotatable bonds is 5. The topological polar surface area (TPSA) is 107 Å². The van der Waals surface area contributed by atoms with Gasteiger partial charge in [0.2, 0.25) is 0 Å². The predicted molar refractivity (Wildman–Crippen MR) is 130 cm³/mol. The molecule has 2 aliphatic heterocycles. The van der Waals surface area contributed by atoms with Crippen LogP contribution in [0.25, 0.3) is 22.3 Å². The van der Waals surface area contributed by atoms with Gasteiger partial charge in [-0.05, 0) is 18.9 Å². The van der Waals surface area contributed by atoms with Gasteiger partial charge in [-0.3, -0.25) is 14.4 Å². The number of nitrogens with one attached hydrogen (secondary N) is 1. The molecule has 200 valence electrons. The van der Waals surface area contributed by atoms with Gasteiger partial charge >= 0.3 is 0 Å². The summed E-state index contributed by atoms with van der Waals surface area (Å²) in [5.41, 5.74) is 0.511. The van der Waals surface area contributed by atoms with E-state index >= 15 is 0 Å². The highest BCUT2D eigenvalue weighted by atomic mass is 19.2. The van der Waals surface area contributed by atoms with E-state index in [1.165, 1.54) is 11.2 Å². The summed E-state index contributed by atoms with van der Waals surface area (Å²) < 4.78 is 57.3. The molecule has 0 atom stereocenters. The molecule has 3 aromatic heterocycles. The lowest BCUT2D eigenvalue weighted by Crippen LogP contribution is -2.66. The zero-order valence-corrected chi connectivity index (χ0v) is 20.5. The molecule has 2 saturated heterocycles. The minimum atomic E-state index is -1.69. The molecule has 1 amide bonds. The Bertz CT molecular complexity index is 1590. The average molecular weight is 539 g/mol. The summed E-state index contributed by atoms with van der Waals surface area (Å²) in [4.78, 5) is 27.8. The standard InChI is InChI=1S/C26H22F4N8O/c27-18-9-19(28)22(30)20(21(18)29)25(39)36-7-2-16(3-8-36)37-12-26(13-37,4-5-31)38-11-15(10-35-38)23-17-1-6-32-24(17)34-14-33-23/h1,6,9-11,14,16H,2-4,7-8,12-13H2,(H,32,33,34). The molecule has 0 bridgehead atoms. The van der Waals surface area contributed by atoms with E-state index in [2.05, 4.69) is 31.0 Å². The monoisotopic (exact) mass is 538 g/mol. The van der Waals surface area contributed by atoms with E-state index in [0.29, 0.717) is 31.6 Å². The molecule has 2 aliphatic rings. The summed E-state index contributed by atoms with van der Waals surface area (Å²) >= 11 is 0. The van der Waals surface area contributed by atoms with E-state index in [-0.39, 0.29) is 31.6 Å². The van der Waals surface area contributed by atoms with Crippen molar-refractivity contribution in [3.05, 3.63) is 65.9 Å². The highest BCUT2D eigenvalue weighted by molar-refractivity contribution is 5.95. The van der Waals surface area contributed by atoms with Crippen molar-refractivity contribution in [1.82, 2.24) is 34.5 Å². The molecular formula is C26H22F4N8O. The third-order valence-corrected chi connectivity index (χ3v) is 7.69. The van der Waals surface area contributed by atoms with Crippen LogP contribution in [0.4, 0.5) is 17.6 Å². The second-order valence-corrected chi connectivity index (χ2v) is 9.97. The van der Waals surface area contributed by atoms with E-state index in [0.717, 1.165) is 16.6 Å². The van der Waals surface area contributed by atoms with Crippen molar-refractivity contribution in [2.45, 2.75) is 30.8 Å². The number of carbonyl (C=O) groups excluding carboxylic acids is 1. The van der Waals surface area contributed by atoms with Gasteiger partial charge in [0.05, 0.1) is 24.4 Å². The molecule has 0 aliphatic carbocycles. The first-order chi connectivity index (χ1) is 18.8. The molecule has 39 heavy (non-hydrogen) atoms. The molecule has 0 unspecified atom stereocenters. The Hall–Kier alpha value is -4.31. The second kappa shape index (κ2) is 9.46. The molecule has 6 rings (SSSR count). The number of aromatic amines is 1. The van der Waals surface area contributed by atoms with Crippen molar-refractivity contribution < 1.29 is 22.4 Å². The lowest BCUT2D eigenvalue weighted by atomic mass is 9.83. The third kappa shape index (κ3) is 4.11. The number of hydrogen-bond donors (Lipinski definition) is 1. The smallest absolute Gasteiger partial charge is 0.260 e. The van der Waals surface area contributed by atoms with Gasteiger partial charge in [-0.15, -0.1) is 0 Å². The number of likely N-dealkylation sites (tertiary alicyclic amines) is 2. The third-order valence-electron chi connectivity index (χ3n) is 7.69. The molecular weight excluding hydrogens is 516 g/mol. The number of aromatic nitrogens is 5. The van der Waals surface area contributed by atoms with Gasteiger partial charge in [-0.2, -0.15) is 10.4 Å². The number of fused-ring (bicyclic) bond motifs is 1. The molecule has 4 aromatic rings. The Labute approximate surface area is 219 Å². The minimum Gasteiger partial charge on any atom is -0.346 e. The maximum absolute atomic E-state index is 14.1. The van der Waals surface area contributed by atoms with Crippen molar-refractivity contribution in [2.24, 2.45) is 0 Å². The van der Waals surface area contributed by atoms with Crippen molar-refractivity contribution in [1.29, 1.82) is 5.26 Å². The van der Waals surface area contributed by atoms with Gasteiger partial charge in [0, 0.05) is 61.6 Å². The summed E-state index contributed by atoms with van der Waals surface area (Å²) in [6.45, 7) is 1.47. The van der Waals surface area contributed by atoms with Crippen LogP contribution in [0, 0.1) is 34.6 Å². The molecule has 0 radical (unpaired) electrons. The lowest BCUT2D eigenvalue weighted by Gasteiger charge is -2.53. The highest BCUT2D eigenvalue weighted by Crippen LogP contribution is 2.37. The summed E-state index contributed by atoms with van der Waals surface area (Å²) in [6, 6.07) is 4.31. The van der Waals surface area contributed by atoms with Gasteiger partial charge in [-0.25, -0.2) is 27.5 Å². The number of piperidine rings is 1. The Morgan fingerprint density at radius 2 is 1.85 bits per heavy atom. The molecule has 1 N–H and O–H groups in total. The highest BCUT2D eigenvalue weighted by Gasteiger charge is 2.48. The van der Waals surface area contributed by atoms with Gasteiger partial charge in [0.1, 0.15) is 23.1 Å². The summed E-state index contributed by atoms with van der Waals surface area (Å²) in [7, 11) is 0. The van der Waals surface area contributed by atoms with Crippen molar-refractivity contribution in [2.75, 3.05) is 26.2 Å². The lowest BCUT2D eigenvalue weighted by molar-refractivity contribution is -0.0413. The number of carbonyl (C=O) groups is 1. The van der Waals surface area contributed by atoms with Crippen LogP contribution >= 0.6 is 0 Å². The molecule has 9 nitrogen and oxygen atoms in total. The van der Waals surface area contributed by atoms with E-state index in [1.54, 1.807) is 12.4 Å². The van der Waals surface area contributed by atoms with Gasteiger partial charge in [0.25, 0.3) is 5.91 Å². The van der Waals surface area contributed by atoms with Crippen molar-refractivity contribution in [3.8, 4) is 17.3 Å². The van der Waals surface area contributed by atoms with E-state index in [9.17, 15) is 27.6 Å². The van der Waals surface area contributed by atoms with Crippen LogP contribution in [0.3, 0.4) is 0 Å². The maximum Gasteiger partial charge on any atom is 0.260 e. The Morgan fingerprint density at radius 1 is 1.13 bits per heavy atom. The number of nitriles is 1. The molecule has 2 fully saturated rings. The maximum atomic E-state index is 14.1. The van der Waals surface area contributed by atoms with Crippen LogP contribution in [-0.2, 0) is 5.54 Å². The van der Waals surface area contributed by atoms with Crippen molar-refractivity contribution >= 4 is 16.9 Å². The Kier molecular flexibility index (Phi) is 6.06. The average Bonchev–Trinajstić information content (AvgIpc) is 3.60. The number of halogens is 4. The second-order valence-electron chi connectivity index (χ2n) is 9.97. The van der Waals surface area contributed by atoms with E-state index in [4.69, 9.17) is 0 Å². The van der Waals surface area contributed by atoms with Crippen LogP contribution in [0.15, 0.2) is 37.1 Å². The number of benzene rings is 1. The molecule has 1 aromatic carbocycles. The predicted octanol–water partition coefficient (Wildman–Crippen LogP) is 3.61.